The molecule has 1 amide bonds. The Labute approximate surface area is 133 Å². The van der Waals surface area contributed by atoms with Crippen molar-refractivity contribution in [2.24, 2.45) is 11.8 Å². The lowest BCUT2D eigenvalue weighted by molar-refractivity contribution is -0.146. The second kappa shape index (κ2) is 7.07. The van der Waals surface area contributed by atoms with Gasteiger partial charge < -0.3 is 10.4 Å². The first kappa shape index (κ1) is 16.0. The van der Waals surface area contributed by atoms with Gasteiger partial charge in [-0.15, -0.1) is 0 Å². The maximum atomic E-state index is 12.3. The number of carboxylic acids is 1. The van der Waals surface area contributed by atoms with Gasteiger partial charge in [-0.05, 0) is 37.3 Å². The molecule has 0 saturated heterocycles. The van der Waals surface area contributed by atoms with E-state index in [0.29, 0.717) is 19.3 Å². The Hall–Kier alpha value is -1.36. The van der Waals surface area contributed by atoms with Crippen LogP contribution in [0.25, 0.3) is 0 Å². The lowest BCUT2D eigenvalue weighted by Gasteiger charge is -2.34. The predicted octanol–water partition coefficient (Wildman–Crippen LogP) is 3.00. The lowest BCUT2D eigenvalue weighted by Crippen LogP contribution is -2.48. The SMILES string of the molecule is CCC(Cc1ccccc1Br)C(=O)NC1CC(C(=O)O)C1. The zero-order chi connectivity index (χ0) is 15.4. The minimum absolute atomic E-state index is 0.0202. The second-order valence-electron chi connectivity index (χ2n) is 5.61. The third-order valence-corrected chi connectivity index (χ3v) is 4.90. The van der Waals surface area contributed by atoms with Crippen LogP contribution in [0.5, 0.6) is 0 Å². The monoisotopic (exact) mass is 353 g/mol. The van der Waals surface area contributed by atoms with Crippen LogP contribution in [0, 0.1) is 11.8 Å². The average Bonchev–Trinajstić information content (AvgIpc) is 2.40. The Bertz CT molecular complexity index is 526. The number of hydrogen-bond donors (Lipinski definition) is 2. The number of amides is 1. The summed E-state index contributed by atoms with van der Waals surface area (Å²) in [5.74, 6) is -1.10. The molecule has 5 heteroatoms. The molecule has 0 radical (unpaired) electrons. The molecule has 1 aromatic rings. The fourth-order valence-electron chi connectivity index (χ4n) is 2.61. The topological polar surface area (TPSA) is 66.4 Å². The molecule has 0 aliphatic heterocycles. The fourth-order valence-corrected chi connectivity index (χ4v) is 3.05. The van der Waals surface area contributed by atoms with E-state index in [-0.39, 0.29) is 23.8 Å². The van der Waals surface area contributed by atoms with Gasteiger partial charge in [0.15, 0.2) is 0 Å². The van der Waals surface area contributed by atoms with Gasteiger partial charge in [-0.3, -0.25) is 9.59 Å². The van der Waals surface area contributed by atoms with Crippen LogP contribution in [0.15, 0.2) is 28.7 Å². The van der Waals surface area contributed by atoms with Gasteiger partial charge in [-0.1, -0.05) is 41.1 Å². The summed E-state index contributed by atoms with van der Waals surface area (Å²) in [6.45, 7) is 2.00. The van der Waals surface area contributed by atoms with E-state index in [2.05, 4.69) is 21.2 Å². The Morgan fingerprint density at radius 2 is 2.05 bits per heavy atom. The molecule has 1 atom stereocenters. The number of rotatable bonds is 6. The van der Waals surface area contributed by atoms with E-state index in [1.54, 1.807) is 0 Å². The summed E-state index contributed by atoms with van der Waals surface area (Å²) in [4.78, 5) is 23.1. The third kappa shape index (κ3) is 4.06. The molecule has 114 valence electrons. The van der Waals surface area contributed by atoms with Crippen molar-refractivity contribution in [3.05, 3.63) is 34.3 Å². The summed E-state index contributed by atoms with van der Waals surface area (Å²) >= 11 is 3.51. The van der Waals surface area contributed by atoms with Crippen LogP contribution in [0.2, 0.25) is 0 Å². The van der Waals surface area contributed by atoms with Crippen LogP contribution in [-0.2, 0) is 16.0 Å². The summed E-state index contributed by atoms with van der Waals surface area (Å²) < 4.78 is 1.02. The van der Waals surface area contributed by atoms with Crippen LogP contribution in [0.4, 0.5) is 0 Å². The van der Waals surface area contributed by atoms with Crippen molar-refractivity contribution in [1.29, 1.82) is 0 Å². The number of hydrogen-bond acceptors (Lipinski definition) is 2. The van der Waals surface area contributed by atoms with Crippen molar-refractivity contribution >= 4 is 27.8 Å². The van der Waals surface area contributed by atoms with E-state index in [9.17, 15) is 9.59 Å². The maximum absolute atomic E-state index is 12.3. The van der Waals surface area contributed by atoms with Crippen LogP contribution in [0.3, 0.4) is 0 Å². The smallest absolute Gasteiger partial charge is 0.306 e. The summed E-state index contributed by atoms with van der Waals surface area (Å²) in [6.07, 6.45) is 2.56. The van der Waals surface area contributed by atoms with Gasteiger partial charge in [0.1, 0.15) is 0 Å². The molecule has 0 bridgehead atoms. The molecule has 1 aliphatic rings. The van der Waals surface area contributed by atoms with E-state index in [1.165, 1.54) is 0 Å². The number of nitrogens with one attached hydrogen (secondary N) is 1. The van der Waals surface area contributed by atoms with Crippen molar-refractivity contribution in [2.45, 2.75) is 38.6 Å². The lowest BCUT2D eigenvalue weighted by atomic mass is 9.80. The first-order chi connectivity index (χ1) is 10.0. The zero-order valence-electron chi connectivity index (χ0n) is 12.0. The highest BCUT2D eigenvalue weighted by molar-refractivity contribution is 9.10. The molecule has 0 heterocycles. The van der Waals surface area contributed by atoms with Gasteiger partial charge in [0.2, 0.25) is 5.91 Å². The minimum Gasteiger partial charge on any atom is -0.481 e. The van der Waals surface area contributed by atoms with Gasteiger partial charge in [0, 0.05) is 16.4 Å². The molecule has 1 aromatic carbocycles. The summed E-state index contributed by atoms with van der Waals surface area (Å²) in [6, 6.07) is 7.93. The Kier molecular flexibility index (Phi) is 5.39. The number of carbonyl (C=O) groups is 2. The summed E-state index contributed by atoms with van der Waals surface area (Å²) in [5.41, 5.74) is 1.12. The maximum Gasteiger partial charge on any atom is 0.306 e. The van der Waals surface area contributed by atoms with Crippen molar-refractivity contribution in [1.82, 2.24) is 5.32 Å². The molecule has 0 aromatic heterocycles. The van der Waals surface area contributed by atoms with Gasteiger partial charge in [0.25, 0.3) is 0 Å². The first-order valence-electron chi connectivity index (χ1n) is 7.27. The number of benzene rings is 1. The highest BCUT2D eigenvalue weighted by Gasteiger charge is 2.36. The molecule has 1 saturated carbocycles. The standard InChI is InChI=1S/C16H20BrNO3/c1-2-10(7-11-5-3-4-6-14(11)17)15(19)18-13-8-12(9-13)16(20)21/h3-6,10,12-13H,2,7-9H2,1H3,(H,18,19)(H,20,21). The summed E-state index contributed by atoms with van der Waals surface area (Å²) in [5, 5.41) is 11.8. The van der Waals surface area contributed by atoms with Crippen LogP contribution in [-0.4, -0.2) is 23.0 Å². The van der Waals surface area contributed by atoms with Crippen LogP contribution in [0.1, 0.15) is 31.7 Å². The largest absolute Gasteiger partial charge is 0.481 e. The van der Waals surface area contributed by atoms with E-state index in [0.717, 1.165) is 16.5 Å². The zero-order valence-corrected chi connectivity index (χ0v) is 13.6. The molecule has 2 rings (SSSR count). The van der Waals surface area contributed by atoms with Gasteiger partial charge in [-0.25, -0.2) is 0 Å². The quantitative estimate of drug-likeness (QED) is 0.825. The number of carbonyl (C=O) groups excluding carboxylic acids is 1. The van der Waals surface area contributed by atoms with Gasteiger partial charge in [0.05, 0.1) is 5.92 Å². The molecule has 1 unspecified atom stereocenters. The third-order valence-electron chi connectivity index (χ3n) is 4.12. The fraction of sp³-hybridized carbons (Fsp3) is 0.500. The Morgan fingerprint density at radius 3 is 2.62 bits per heavy atom. The van der Waals surface area contributed by atoms with Crippen molar-refractivity contribution in [2.75, 3.05) is 0 Å². The molecule has 1 aliphatic carbocycles. The molecule has 1 fully saturated rings. The first-order valence-corrected chi connectivity index (χ1v) is 8.07. The van der Waals surface area contributed by atoms with E-state index in [1.807, 2.05) is 31.2 Å². The number of halogens is 1. The number of aliphatic carboxylic acids is 1. The van der Waals surface area contributed by atoms with E-state index >= 15 is 0 Å². The highest BCUT2D eigenvalue weighted by atomic mass is 79.9. The highest BCUT2D eigenvalue weighted by Crippen LogP contribution is 2.28. The van der Waals surface area contributed by atoms with Crippen LogP contribution >= 0.6 is 15.9 Å². The van der Waals surface area contributed by atoms with E-state index in [4.69, 9.17) is 5.11 Å². The minimum atomic E-state index is -0.763. The summed E-state index contributed by atoms with van der Waals surface area (Å²) in [7, 11) is 0. The van der Waals surface area contributed by atoms with E-state index < -0.39 is 5.97 Å². The number of carboxylic acid groups (broad SMARTS) is 1. The predicted molar refractivity (Wildman–Crippen MR) is 83.9 cm³/mol. The molecular formula is C16H20BrNO3. The molecule has 0 spiro atoms. The Morgan fingerprint density at radius 1 is 1.38 bits per heavy atom. The average molecular weight is 354 g/mol. The second-order valence-corrected chi connectivity index (χ2v) is 6.47. The molecule has 2 N–H and O–H groups in total. The van der Waals surface area contributed by atoms with Gasteiger partial charge >= 0.3 is 5.97 Å². The normalized spacial score (nSPS) is 22.2. The van der Waals surface area contributed by atoms with Crippen molar-refractivity contribution in [3.63, 3.8) is 0 Å². The molecular weight excluding hydrogens is 334 g/mol. The molecule has 21 heavy (non-hydrogen) atoms. The van der Waals surface area contributed by atoms with Crippen molar-refractivity contribution < 1.29 is 14.7 Å². The Balaban J connectivity index is 1.88. The molecule has 4 nitrogen and oxygen atoms in total. The van der Waals surface area contributed by atoms with Crippen LogP contribution < -0.4 is 5.32 Å². The van der Waals surface area contributed by atoms with Gasteiger partial charge in [-0.2, -0.15) is 0 Å². The van der Waals surface area contributed by atoms with Crippen molar-refractivity contribution in [3.8, 4) is 0 Å².